The molecule has 1 aromatic carbocycles. The van der Waals surface area contributed by atoms with Crippen LogP contribution in [0.4, 0.5) is 5.69 Å². The summed E-state index contributed by atoms with van der Waals surface area (Å²) in [5.41, 5.74) is 1.42. The van der Waals surface area contributed by atoms with Gasteiger partial charge in [-0.25, -0.2) is 4.79 Å². The Morgan fingerprint density at radius 3 is 2.55 bits per heavy atom. The van der Waals surface area contributed by atoms with Crippen molar-refractivity contribution in [3.63, 3.8) is 0 Å². The lowest BCUT2D eigenvalue weighted by atomic mass is 10.1. The van der Waals surface area contributed by atoms with Crippen molar-refractivity contribution >= 4 is 28.8 Å². The van der Waals surface area contributed by atoms with Crippen LogP contribution in [0.25, 0.3) is 0 Å². The monoisotopic (exact) mass is 470 g/mol. The maximum Gasteiger partial charge on any atom is 0.345 e. The fraction of sp³-hybridized carbons (Fsp3) is 0.304. The minimum absolute atomic E-state index is 0.190. The quantitative estimate of drug-likeness (QED) is 0.211. The summed E-state index contributed by atoms with van der Waals surface area (Å²) in [4.78, 5) is 37.4. The highest BCUT2D eigenvalue weighted by molar-refractivity contribution is 7.09. The van der Waals surface area contributed by atoms with E-state index in [2.05, 4.69) is 10.6 Å². The normalized spacial score (nSPS) is 12.4. The number of Topliss-reactive ketones (excluding diaryl/α,β-unsaturated/α-hetero) is 1. The molecule has 0 radical (unpaired) electrons. The number of rotatable bonds is 8. The predicted octanol–water partition coefficient (Wildman–Crippen LogP) is 4.13. The first-order valence-corrected chi connectivity index (χ1v) is 11.2. The second-order valence-corrected chi connectivity index (χ2v) is 8.57. The van der Waals surface area contributed by atoms with Gasteiger partial charge in [0.25, 0.3) is 5.69 Å². The number of carbonyl (C=O) groups excluding carboxylic acids is 2. The van der Waals surface area contributed by atoms with Crippen LogP contribution in [0.15, 0.2) is 35.7 Å². The van der Waals surface area contributed by atoms with Crippen molar-refractivity contribution in [2.75, 3.05) is 19.8 Å². The Labute approximate surface area is 193 Å². The van der Waals surface area contributed by atoms with E-state index in [1.54, 1.807) is 17.4 Å². The highest BCUT2D eigenvalue weighted by Crippen LogP contribution is 2.37. The highest BCUT2D eigenvalue weighted by atomic mass is 32.1. The first-order chi connectivity index (χ1) is 15.8. The lowest BCUT2D eigenvalue weighted by Crippen LogP contribution is -2.18. The van der Waals surface area contributed by atoms with Crippen molar-refractivity contribution in [3.05, 3.63) is 73.2 Å². The van der Waals surface area contributed by atoms with E-state index in [1.807, 2.05) is 25.3 Å². The molecule has 0 N–H and O–H groups in total. The van der Waals surface area contributed by atoms with Gasteiger partial charge < -0.3 is 18.8 Å². The molecule has 0 spiro atoms. The van der Waals surface area contributed by atoms with Gasteiger partial charge in [0.1, 0.15) is 18.8 Å². The summed E-state index contributed by atoms with van der Waals surface area (Å²) in [6.07, 6.45) is 0.852. The minimum atomic E-state index is -0.974. The smallest absolute Gasteiger partial charge is 0.345 e. The molecule has 0 saturated heterocycles. The van der Waals surface area contributed by atoms with Crippen molar-refractivity contribution in [1.82, 2.24) is 4.57 Å². The summed E-state index contributed by atoms with van der Waals surface area (Å²) in [6.45, 7) is 4.49. The number of hydrogen-bond acceptors (Lipinski definition) is 8. The SMILES string of the molecule is Cc1cc(C(=O)COC(=O)c2cc3c(cc2[N+](=O)[O-])OCCO3)c(C)n1CCc1cccs1. The molecular weight excluding hydrogens is 448 g/mol. The van der Waals surface area contributed by atoms with Gasteiger partial charge in [0, 0.05) is 34.4 Å². The van der Waals surface area contributed by atoms with Gasteiger partial charge in [-0.2, -0.15) is 0 Å². The van der Waals surface area contributed by atoms with E-state index in [9.17, 15) is 19.7 Å². The van der Waals surface area contributed by atoms with E-state index in [4.69, 9.17) is 14.2 Å². The largest absolute Gasteiger partial charge is 0.486 e. The Balaban J connectivity index is 1.46. The zero-order valence-electron chi connectivity index (χ0n) is 18.2. The lowest BCUT2D eigenvalue weighted by molar-refractivity contribution is -0.385. The number of ether oxygens (including phenoxy) is 3. The van der Waals surface area contributed by atoms with Crippen LogP contribution < -0.4 is 9.47 Å². The van der Waals surface area contributed by atoms with Crippen molar-refractivity contribution in [3.8, 4) is 11.5 Å². The van der Waals surface area contributed by atoms with Crippen molar-refractivity contribution < 1.29 is 28.7 Å². The molecule has 0 amide bonds. The molecule has 1 aliphatic heterocycles. The predicted molar refractivity (Wildman–Crippen MR) is 121 cm³/mol. The van der Waals surface area contributed by atoms with Crippen LogP contribution in [-0.2, 0) is 17.7 Å². The molecule has 0 bridgehead atoms. The van der Waals surface area contributed by atoms with Crippen LogP contribution in [0.1, 0.15) is 37.0 Å². The van der Waals surface area contributed by atoms with Crippen LogP contribution in [0.2, 0.25) is 0 Å². The molecule has 0 fully saturated rings. The van der Waals surface area contributed by atoms with E-state index in [0.29, 0.717) is 5.56 Å². The standard InChI is InChI=1S/C23H22N2O7S/c1-14-10-17(15(2)24(14)6-5-16-4-3-9-33-16)20(26)13-32-23(27)18-11-21-22(31-8-7-30-21)12-19(18)25(28)29/h3-4,9-12H,5-8,13H2,1-2H3. The average Bonchev–Trinajstić information content (AvgIpc) is 3.42. The Morgan fingerprint density at radius 1 is 1.15 bits per heavy atom. The average molecular weight is 471 g/mol. The van der Waals surface area contributed by atoms with E-state index in [-0.39, 0.29) is 36.1 Å². The van der Waals surface area contributed by atoms with Gasteiger partial charge in [-0.1, -0.05) is 6.07 Å². The topological polar surface area (TPSA) is 110 Å². The van der Waals surface area contributed by atoms with Crippen LogP contribution in [0.3, 0.4) is 0 Å². The fourth-order valence-corrected chi connectivity index (χ4v) is 4.48. The number of thiophene rings is 1. The summed E-state index contributed by atoms with van der Waals surface area (Å²) < 4.78 is 17.9. The minimum Gasteiger partial charge on any atom is -0.486 e. The Hall–Kier alpha value is -3.66. The van der Waals surface area contributed by atoms with Gasteiger partial charge in [-0.3, -0.25) is 14.9 Å². The molecular formula is C23H22N2O7S. The van der Waals surface area contributed by atoms with Gasteiger partial charge in [-0.05, 0) is 37.8 Å². The number of nitro benzene ring substituents is 1. The first kappa shape index (κ1) is 22.5. The summed E-state index contributed by atoms with van der Waals surface area (Å²) in [6, 6.07) is 8.20. The van der Waals surface area contributed by atoms with Crippen molar-refractivity contribution in [2.45, 2.75) is 26.8 Å². The lowest BCUT2D eigenvalue weighted by Gasteiger charge is -2.18. The Bertz CT molecular complexity index is 1210. The zero-order valence-corrected chi connectivity index (χ0v) is 19.0. The summed E-state index contributed by atoms with van der Waals surface area (Å²) in [5.74, 6) is -0.937. The Kier molecular flexibility index (Phi) is 6.45. The maximum absolute atomic E-state index is 12.8. The number of esters is 1. The van der Waals surface area contributed by atoms with E-state index < -0.39 is 23.2 Å². The van der Waals surface area contributed by atoms with Crippen LogP contribution in [-0.4, -0.2) is 41.1 Å². The molecule has 0 aliphatic carbocycles. The number of hydrogen-bond donors (Lipinski definition) is 0. The third-order valence-corrected chi connectivity index (χ3v) is 6.38. The van der Waals surface area contributed by atoms with Gasteiger partial charge in [0.05, 0.1) is 11.0 Å². The van der Waals surface area contributed by atoms with Gasteiger partial charge in [-0.15, -0.1) is 11.3 Å². The van der Waals surface area contributed by atoms with Crippen molar-refractivity contribution in [1.29, 1.82) is 0 Å². The van der Waals surface area contributed by atoms with Crippen LogP contribution >= 0.6 is 11.3 Å². The molecule has 172 valence electrons. The van der Waals surface area contributed by atoms with Crippen LogP contribution in [0, 0.1) is 24.0 Å². The molecule has 1 aliphatic rings. The molecule has 3 heterocycles. The molecule has 10 heteroatoms. The molecule has 9 nitrogen and oxygen atoms in total. The number of ketones is 1. The number of aryl methyl sites for hydroxylation is 2. The molecule has 0 saturated carbocycles. The number of carbonyl (C=O) groups is 2. The number of fused-ring (bicyclic) bond motifs is 1. The fourth-order valence-electron chi connectivity index (χ4n) is 3.78. The zero-order chi connectivity index (χ0) is 23.5. The number of nitrogens with zero attached hydrogens (tertiary/aromatic N) is 2. The summed E-state index contributed by atoms with van der Waals surface area (Å²) in [5, 5.41) is 13.5. The van der Waals surface area contributed by atoms with E-state index in [1.165, 1.54) is 10.9 Å². The highest BCUT2D eigenvalue weighted by Gasteiger charge is 2.28. The van der Waals surface area contributed by atoms with Gasteiger partial charge in [0.15, 0.2) is 18.1 Å². The molecule has 4 rings (SSSR count). The van der Waals surface area contributed by atoms with Gasteiger partial charge in [0.2, 0.25) is 5.78 Å². The summed E-state index contributed by atoms with van der Waals surface area (Å²) >= 11 is 1.69. The third-order valence-electron chi connectivity index (χ3n) is 5.45. The molecule has 0 atom stereocenters. The Morgan fingerprint density at radius 2 is 1.88 bits per heavy atom. The third kappa shape index (κ3) is 4.75. The molecule has 0 unspecified atom stereocenters. The summed E-state index contributed by atoms with van der Waals surface area (Å²) in [7, 11) is 0. The molecule has 33 heavy (non-hydrogen) atoms. The number of nitro groups is 1. The number of aromatic nitrogens is 1. The van der Waals surface area contributed by atoms with E-state index in [0.717, 1.165) is 30.4 Å². The van der Waals surface area contributed by atoms with Crippen LogP contribution in [0.5, 0.6) is 11.5 Å². The second kappa shape index (κ2) is 9.45. The molecule has 3 aromatic rings. The van der Waals surface area contributed by atoms with Crippen molar-refractivity contribution in [2.24, 2.45) is 0 Å². The second-order valence-electron chi connectivity index (χ2n) is 7.54. The maximum atomic E-state index is 12.8. The number of benzene rings is 1. The van der Waals surface area contributed by atoms with Gasteiger partial charge >= 0.3 is 5.97 Å². The molecule has 2 aromatic heterocycles. The van der Waals surface area contributed by atoms with E-state index >= 15 is 0 Å². The first-order valence-electron chi connectivity index (χ1n) is 10.3.